The zero-order valence-electron chi connectivity index (χ0n) is 8.59. The van der Waals surface area contributed by atoms with Gasteiger partial charge in [0, 0.05) is 6.61 Å². The minimum absolute atomic E-state index is 0.174. The highest BCUT2D eigenvalue weighted by atomic mass is 16.5. The third kappa shape index (κ3) is 2.98. The Morgan fingerprint density at radius 2 is 2.23 bits per heavy atom. The topological polar surface area (TPSA) is 42.2 Å². The standard InChI is InChI=1S/C10H17NO2/c1-9(2,3)13-8-10(6-11)4-5-12-7-10/h4-5,7-8H2,1-3H3. The summed E-state index contributed by atoms with van der Waals surface area (Å²) in [5.41, 5.74) is -0.570. The van der Waals surface area contributed by atoms with Crippen LogP contribution < -0.4 is 0 Å². The summed E-state index contributed by atoms with van der Waals surface area (Å²) < 4.78 is 10.8. The second kappa shape index (κ2) is 3.65. The van der Waals surface area contributed by atoms with Gasteiger partial charge in [-0.05, 0) is 27.2 Å². The third-order valence-electron chi connectivity index (χ3n) is 2.12. The van der Waals surface area contributed by atoms with Crippen LogP contribution in [0.3, 0.4) is 0 Å². The lowest BCUT2D eigenvalue weighted by atomic mass is 9.90. The average molecular weight is 183 g/mol. The second-order valence-electron chi connectivity index (χ2n) is 4.60. The minimum atomic E-state index is -0.396. The number of nitriles is 1. The van der Waals surface area contributed by atoms with E-state index in [1.54, 1.807) is 0 Å². The largest absolute Gasteiger partial charge is 0.380 e. The van der Waals surface area contributed by atoms with Crippen molar-refractivity contribution in [3.05, 3.63) is 0 Å². The van der Waals surface area contributed by atoms with Crippen molar-refractivity contribution in [2.75, 3.05) is 19.8 Å². The van der Waals surface area contributed by atoms with Crippen LogP contribution in [0, 0.1) is 16.7 Å². The SMILES string of the molecule is CC(C)(C)OCC1(C#N)CCOC1. The summed E-state index contributed by atoms with van der Waals surface area (Å²) in [7, 11) is 0. The molecule has 1 unspecified atom stereocenters. The van der Waals surface area contributed by atoms with Crippen LogP contribution in [-0.4, -0.2) is 25.4 Å². The van der Waals surface area contributed by atoms with Crippen LogP contribution in [0.1, 0.15) is 27.2 Å². The molecule has 74 valence electrons. The van der Waals surface area contributed by atoms with E-state index < -0.39 is 5.41 Å². The van der Waals surface area contributed by atoms with Gasteiger partial charge in [0.1, 0.15) is 5.41 Å². The Labute approximate surface area is 79.6 Å². The molecule has 1 aliphatic rings. The van der Waals surface area contributed by atoms with E-state index >= 15 is 0 Å². The Balaban J connectivity index is 2.46. The average Bonchev–Trinajstić information content (AvgIpc) is 2.49. The quantitative estimate of drug-likeness (QED) is 0.654. The summed E-state index contributed by atoms with van der Waals surface area (Å²) in [5, 5.41) is 9.00. The number of hydrogen-bond donors (Lipinski definition) is 0. The molecular weight excluding hydrogens is 166 g/mol. The molecule has 3 heteroatoms. The Morgan fingerprint density at radius 3 is 2.62 bits per heavy atom. The van der Waals surface area contributed by atoms with Gasteiger partial charge in [0.2, 0.25) is 0 Å². The smallest absolute Gasteiger partial charge is 0.106 e. The first-order valence-corrected chi connectivity index (χ1v) is 4.60. The van der Waals surface area contributed by atoms with E-state index in [4.69, 9.17) is 14.7 Å². The molecule has 0 bridgehead atoms. The van der Waals surface area contributed by atoms with Gasteiger partial charge >= 0.3 is 0 Å². The molecule has 0 aromatic rings. The van der Waals surface area contributed by atoms with Gasteiger partial charge in [-0.3, -0.25) is 0 Å². The van der Waals surface area contributed by atoms with E-state index in [1.165, 1.54) is 0 Å². The van der Waals surface area contributed by atoms with Crippen molar-refractivity contribution in [2.24, 2.45) is 5.41 Å². The molecule has 1 saturated heterocycles. The van der Waals surface area contributed by atoms with Gasteiger partial charge in [-0.2, -0.15) is 5.26 Å². The van der Waals surface area contributed by atoms with Crippen LogP contribution in [0.5, 0.6) is 0 Å². The lowest BCUT2D eigenvalue weighted by Gasteiger charge is -2.25. The summed E-state index contributed by atoms with van der Waals surface area (Å²) in [6.45, 7) is 7.66. The highest BCUT2D eigenvalue weighted by molar-refractivity contribution is 5.01. The highest BCUT2D eigenvalue weighted by Crippen LogP contribution is 2.29. The Hall–Kier alpha value is -0.590. The molecule has 0 amide bonds. The van der Waals surface area contributed by atoms with Crippen molar-refractivity contribution in [2.45, 2.75) is 32.8 Å². The predicted molar refractivity (Wildman–Crippen MR) is 49.2 cm³/mol. The molecule has 0 aromatic heterocycles. The molecule has 3 nitrogen and oxygen atoms in total. The van der Waals surface area contributed by atoms with Gasteiger partial charge in [0.05, 0.1) is 24.9 Å². The van der Waals surface area contributed by atoms with Gasteiger partial charge in [0.25, 0.3) is 0 Å². The van der Waals surface area contributed by atoms with Crippen LogP contribution in [0.15, 0.2) is 0 Å². The fraction of sp³-hybridized carbons (Fsp3) is 0.900. The van der Waals surface area contributed by atoms with Crippen LogP contribution in [-0.2, 0) is 9.47 Å². The first-order chi connectivity index (χ1) is 5.97. The molecule has 1 aliphatic heterocycles. The molecule has 1 rings (SSSR count). The summed E-state index contributed by atoms with van der Waals surface area (Å²) in [6.07, 6.45) is 0.791. The van der Waals surface area contributed by atoms with E-state index in [9.17, 15) is 0 Å². The van der Waals surface area contributed by atoms with Crippen molar-refractivity contribution in [1.82, 2.24) is 0 Å². The molecule has 0 aliphatic carbocycles. The number of ether oxygens (including phenoxy) is 2. The number of rotatable bonds is 2. The number of hydrogen-bond acceptors (Lipinski definition) is 3. The Kier molecular flexibility index (Phi) is 2.94. The molecule has 0 saturated carbocycles. The summed E-state index contributed by atoms with van der Waals surface area (Å²) in [4.78, 5) is 0. The molecular formula is C10H17NO2. The van der Waals surface area contributed by atoms with Crippen molar-refractivity contribution in [3.63, 3.8) is 0 Å². The monoisotopic (exact) mass is 183 g/mol. The van der Waals surface area contributed by atoms with E-state index in [1.807, 2.05) is 20.8 Å². The molecule has 13 heavy (non-hydrogen) atoms. The second-order valence-corrected chi connectivity index (χ2v) is 4.60. The maximum atomic E-state index is 9.00. The van der Waals surface area contributed by atoms with Gasteiger partial charge in [-0.15, -0.1) is 0 Å². The molecule has 0 N–H and O–H groups in total. The minimum Gasteiger partial charge on any atom is -0.380 e. The van der Waals surface area contributed by atoms with Gasteiger partial charge in [-0.1, -0.05) is 0 Å². The van der Waals surface area contributed by atoms with E-state index in [0.29, 0.717) is 19.8 Å². The maximum absolute atomic E-state index is 9.00. The molecule has 1 fully saturated rings. The lowest BCUT2D eigenvalue weighted by molar-refractivity contribution is -0.0389. The maximum Gasteiger partial charge on any atom is 0.106 e. The Bertz CT molecular complexity index is 206. The van der Waals surface area contributed by atoms with Crippen LogP contribution >= 0.6 is 0 Å². The fourth-order valence-electron chi connectivity index (χ4n) is 1.20. The molecule has 0 spiro atoms. The molecule has 0 radical (unpaired) electrons. The van der Waals surface area contributed by atoms with E-state index in [0.717, 1.165) is 6.42 Å². The van der Waals surface area contributed by atoms with Gasteiger partial charge in [0.15, 0.2) is 0 Å². The van der Waals surface area contributed by atoms with Gasteiger partial charge in [-0.25, -0.2) is 0 Å². The van der Waals surface area contributed by atoms with Gasteiger partial charge < -0.3 is 9.47 Å². The fourth-order valence-corrected chi connectivity index (χ4v) is 1.20. The zero-order valence-corrected chi connectivity index (χ0v) is 8.59. The lowest BCUT2D eigenvalue weighted by Crippen LogP contribution is -2.31. The first kappa shape index (κ1) is 10.5. The highest BCUT2D eigenvalue weighted by Gasteiger charge is 2.36. The van der Waals surface area contributed by atoms with E-state index in [2.05, 4.69) is 6.07 Å². The van der Waals surface area contributed by atoms with Crippen LogP contribution in [0.25, 0.3) is 0 Å². The van der Waals surface area contributed by atoms with Crippen LogP contribution in [0.4, 0.5) is 0 Å². The predicted octanol–water partition coefficient (Wildman–Crippen LogP) is 1.73. The van der Waals surface area contributed by atoms with Crippen LogP contribution in [0.2, 0.25) is 0 Å². The first-order valence-electron chi connectivity index (χ1n) is 4.60. The van der Waals surface area contributed by atoms with Crippen molar-refractivity contribution >= 4 is 0 Å². The Morgan fingerprint density at radius 1 is 1.54 bits per heavy atom. The summed E-state index contributed by atoms with van der Waals surface area (Å²) in [5.74, 6) is 0. The zero-order chi connectivity index (χ0) is 9.95. The van der Waals surface area contributed by atoms with Crippen molar-refractivity contribution in [3.8, 4) is 6.07 Å². The third-order valence-corrected chi connectivity index (χ3v) is 2.12. The summed E-state index contributed by atoms with van der Waals surface area (Å²) in [6, 6.07) is 2.30. The molecule has 0 aromatic carbocycles. The summed E-state index contributed by atoms with van der Waals surface area (Å²) >= 11 is 0. The van der Waals surface area contributed by atoms with E-state index in [-0.39, 0.29) is 5.60 Å². The number of nitrogens with zero attached hydrogens (tertiary/aromatic N) is 1. The molecule has 1 heterocycles. The molecule has 1 atom stereocenters. The van der Waals surface area contributed by atoms with Crippen molar-refractivity contribution in [1.29, 1.82) is 5.26 Å². The van der Waals surface area contributed by atoms with Crippen molar-refractivity contribution < 1.29 is 9.47 Å². The normalized spacial score (nSPS) is 28.8.